The van der Waals surface area contributed by atoms with Crippen LogP contribution < -0.4 is 9.80 Å². The van der Waals surface area contributed by atoms with Crippen LogP contribution in [0.3, 0.4) is 0 Å². The second kappa shape index (κ2) is 15.4. The molecule has 3 aliphatic rings. The molecule has 0 aliphatic carbocycles. The molecule has 2 amide bonds. The summed E-state index contributed by atoms with van der Waals surface area (Å²) >= 11 is 0. The minimum atomic E-state index is -0.221. The van der Waals surface area contributed by atoms with Crippen molar-refractivity contribution in [2.24, 2.45) is 0 Å². The van der Waals surface area contributed by atoms with Gasteiger partial charge in [-0.3, -0.25) is 0 Å². The second-order valence-corrected chi connectivity index (χ2v) is 11.3. The lowest BCUT2D eigenvalue weighted by Gasteiger charge is -2.35. The zero-order valence-electron chi connectivity index (χ0n) is 26.7. The Kier molecular flexibility index (Phi) is 10.8. The predicted molar refractivity (Wildman–Crippen MR) is 181 cm³/mol. The van der Waals surface area contributed by atoms with E-state index in [1.54, 1.807) is 9.80 Å². The highest BCUT2D eigenvalue weighted by atomic mass is 16.6. The van der Waals surface area contributed by atoms with Gasteiger partial charge in [0.05, 0.1) is 19.3 Å². The van der Waals surface area contributed by atoms with Crippen LogP contribution >= 0.6 is 0 Å². The van der Waals surface area contributed by atoms with Crippen molar-refractivity contribution in [1.29, 1.82) is 0 Å². The first-order valence-electron chi connectivity index (χ1n) is 16.0. The first-order valence-corrected chi connectivity index (χ1v) is 16.0. The number of ether oxygens (including phenoxy) is 2. The zero-order valence-corrected chi connectivity index (χ0v) is 26.7. The molecule has 238 valence electrons. The molecule has 2 aromatic carbocycles. The summed E-state index contributed by atoms with van der Waals surface area (Å²) in [6.07, 6.45) is 14.7. The van der Waals surface area contributed by atoms with Gasteiger partial charge in [0.1, 0.15) is 0 Å². The Morgan fingerprint density at radius 3 is 1.62 bits per heavy atom. The summed E-state index contributed by atoms with van der Waals surface area (Å²) in [5.74, 6) is 0. The highest BCUT2D eigenvalue weighted by Crippen LogP contribution is 2.22. The summed E-state index contributed by atoms with van der Waals surface area (Å²) in [6.45, 7) is 10.4. The van der Waals surface area contributed by atoms with Crippen LogP contribution in [0.25, 0.3) is 12.2 Å². The lowest BCUT2D eigenvalue weighted by atomic mass is 10.1. The van der Waals surface area contributed by atoms with E-state index in [1.807, 2.05) is 13.8 Å². The van der Waals surface area contributed by atoms with Crippen LogP contribution in [0.1, 0.15) is 25.0 Å². The number of anilines is 2. The van der Waals surface area contributed by atoms with E-state index in [4.69, 9.17) is 9.47 Å². The number of carbonyl (C=O) groups is 2. The van der Waals surface area contributed by atoms with E-state index in [-0.39, 0.29) is 18.2 Å². The van der Waals surface area contributed by atoms with Crippen LogP contribution in [-0.4, -0.2) is 106 Å². The predicted octanol–water partition coefficient (Wildman–Crippen LogP) is 5.72. The quantitative estimate of drug-likeness (QED) is 0.378. The summed E-state index contributed by atoms with van der Waals surface area (Å²) in [6, 6.07) is 17.4. The summed E-state index contributed by atoms with van der Waals surface area (Å²) in [5, 5.41) is 0. The Morgan fingerprint density at radius 1 is 0.689 bits per heavy atom. The Morgan fingerprint density at radius 2 is 1.16 bits per heavy atom. The molecule has 0 bridgehead atoms. The standard InChI is InChI=1S/C36H45N5O4/c1-4-44-35(42)40-25-21-38(22-26-40)33-17-11-29(12-18-33)9-15-31-7-6-8-32(37(31)3)16-10-30-13-19-34(20-14-30)39-23-27-41(28-24-39)36(43)45-5-2/h6-20,31H,4-5,21-28H2,1-3H3/b15-9+,16-10+. The first-order chi connectivity index (χ1) is 21.9. The van der Waals surface area contributed by atoms with Crippen molar-refractivity contribution in [2.45, 2.75) is 19.9 Å². The summed E-state index contributed by atoms with van der Waals surface area (Å²) < 4.78 is 10.3. The highest BCUT2D eigenvalue weighted by Gasteiger charge is 2.23. The third kappa shape index (κ3) is 8.29. The van der Waals surface area contributed by atoms with Gasteiger partial charge in [-0.15, -0.1) is 0 Å². The molecule has 5 rings (SSSR count). The number of benzene rings is 2. The van der Waals surface area contributed by atoms with Gasteiger partial charge in [-0.1, -0.05) is 54.6 Å². The monoisotopic (exact) mass is 611 g/mol. The number of carbonyl (C=O) groups excluding carboxylic acids is 2. The summed E-state index contributed by atoms with van der Waals surface area (Å²) in [7, 11) is 2.12. The number of amides is 2. The first kappa shape index (κ1) is 31.8. The van der Waals surface area contributed by atoms with Crippen molar-refractivity contribution in [3.63, 3.8) is 0 Å². The van der Waals surface area contributed by atoms with Gasteiger partial charge in [0.2, 0.25) is 0 Å². The largest absolute Gasteiger partial charge is 0.450 e. The fourth-order valence-corrected chi connectivity index (χ4v) is 5.76. The van der Waals surface area contributed by atoms with Crippen LogP contribution in [0.15, 0.2) is 84.6 Å². The molecule has 45 heavy (non-hydrogen) atoms. The molecule has 0 saturated carbocycles. The van der Waals surface area contributed by atoms with E-state index in [0.717, 1.165) is 43.0 Å². The smallest absolute Gasteiger partial charge is 0.409 e. The van der Waals surface area contributed by atoms with Gasteiger partial charge >= 0.3 is 12.2 Å². The van der Waals surface area contributed by atoms with Crippen molar-refractivity contribution < 1.29 is 19.1 Å². The van der Waals surface area contributed by atoms with Gasteiger partial charge in [-0.25, -0.2) is 9.59 Å². The fraction of sp³-hybridized carbons (Fsp3) is 0.389. The van der Waals surface area contributed by atoms with E-state index in [9.17, 15) is 9.59 Å². The van der Waals surface area contributed by atoms with Gasteiger partial charge in [-0.05, 0) is 61.4 Å². The van der Waals surface area contributed by atoms with Crippen LogP contribution in [0.4, 0.5) is 21.0 Å². The summed E-state index contributed by atoms with van der Waals surface area (Å²) in [5.41, 5.74) is 5.78. The van der Waals surface area contributed by atoms with Gasteiger partial charge in [0, 0.05) is 76.5 Å². The average Bonchev–Trinajstić information content (AvgIpc) is 3.08. The van der Waals surface area contributed by atoms with Crippen molar-refractivity contribution in [3.05, 3.63) is 95.7 Å². The van der Waals surface area contributed by atoms with Crippen LogP contribution in [0.5, 0.6) is 0 Å². The summed E-state index contributed by atoms with van der Waals surface area (Å²) in [4.78, 5) is 34.4. The molecule has 0 aromatic heterocycles. The van der Waals surface area contributed by atoms with Gasteiger partial charge in [0.25, 0.3) is 0 Å². The molecule has 2 aromatic rings. The molecule has 1 unspecified atom stereocenters. The Balaban J connectivity index is 1.10. The molecule has 3 aliphatic heterocycles. The SMILES string of the molecule is CCOC(=O)N1CCN(c2ccc(/C=C/C3=CC=CC(/C=C/c4ccc(N5CCN(C(=O)OCC)CC5)cc4)N3C)cc2)CC1. The van der Waals surface area contributed by atoms with E-state index in [1.165, 1.54) is 11.4 Å². The molecule has 0 spiro atoms. The molecule has 0 radical (unpaired) electrons. The molecule has 9 nitrogen and oxygen atoms in total. The van der Waals surface area contributed by atoms with Crippen molar-refractivity contribution in [2.75, 3.05) is 82.4 Å². The lowest BCUT2D eigenvalue weighted by molar-refractivity contribution is 0.104. The number of likely N-dealkylation sites (N-methyl/N-ethyl adjacent to an activating group) is 1. The molecular formula is C36H45N5O4. The van der Waals surface area contributed by atoms with Crippen LogP contribution in [0, 0.1) is 0 Å². The molecule has 2 fully saturated rings. The van der Waals surface area contributed by atoms with Gasteiger partial charge in [0.15, 0.2) is 0 Å². The molecule has 3 heterocycles. The Hall–Kier alpha value is -4.66. The number of piperazine rings is 2. The van der Waals surface area contributed by atoms with E-state index in [2.05, 4.69) is 113 Å². The fourth-order valence-electron chi connectivity index (χ4n) is 5.76. The Bertz CT molecular complexity index is 1400. The third-order valence-electron chi connectivity index (χ3n) is 8.49. The third-order valence-corrected chi connectivity index (χ3v) is 8.49. The Labute approximate surface area is 267 Å². The number of hydrogen-bond donors (Lipinski definition) is 0. The number of allylic oxidation sites excluding steroid dienone is 3. The lowest BCUT2D eigenvalue weighted by Crippen LogP contribution is -2.49. The maximum absolute atomic E-state index is 12.0. The van der Waals surface area contributed by atoms with Crippen molar-refractivity contribution >= 4 is 35.7 Å². The molecule has 2 saturated heterocycles. The maximum Gasteiger partial charge on any atom is 0.409 e. The molecular weight excluding hydrogens is 566 g/mol. The van der Waals surface area contributed by atoms with E-state index in [0.29, 0.717) is 39.4 Å². The maximum atomic E-state index is 12.0. The molecule has 0 N–H and O–H groups in total. The minimum Gasteiger partial charge on any atom is -0.450 e. The average molecular weight is 612 g/mol. The molecule has 9 heteroatoms. The van der Waals surface area contributed by atoms with Gasteiger partial charge in [-0.2, -0.15) is 0 Å². The van der Waals surface area contributed by atoms with Crippen molar-refractivity contribution in [3.8, 4) is 0 Å². The topological polar surface area (TPSA) is 68.8 Å². The van der Waals surface area contributed by atoms with Gasteiger partial charge < -0.3 is 34.0 Å². The zero-order chi connectivity index (χ0) is 31.6. The number of hydrogen-bond acceptors (Lipinski definition) is 7. The minimum absolute atomic E-state index is 0.154. The van der Waals surface area contributed by atoms with E-state index < -0.39 is 0 Å². The number of rotatable bonds is 8. The van der Waals surface area contributed by atoms with Crippen molar-refractivity contribution in [1.82, 2.24) is 14.7 Å². The van der Waals surface area contributed by atoms with Crippen LogP contribution in [0.2, 0.25) is 0 Å². The molecule has 1 atom stereocenters. The van der Waals surface area contributed by atoms with E-state index >= 15 is 0 Å². The number of nitrogens with zero attached hydrogens (tertiary/aromatic N) is 5. The van der Waals surface area contributed by atoms with Crippen LogP contribution in [-0.2, 0) is 9.47 Å². The second-order valence-electron chi connectivity index (χ2n) is 11.3. The normalized spacial score (nSPS) is 19.0. The highest BCUT2D eigenvalue weighted by molar-refractivity contribution is 5.69.